The molecule has 0 spiro atoms. The molecule has 3 rings (SSSR count). The Hall–Kier alpha value is -2.19. The van der Waals surface area contributed by atoms with Crippen molar-refractivity contribution in [3.05, 3.63) is 47.3 Å². The lowest BCUT2D eigenvalue weighted by molar-refractivity contribution is 0.0697. The smallest absolute Gasteiger partial charge is 0.335 e. The Morgan fingerprint density at radius 2 is 1.96 bits per heavy atom. The summed E-state index contributed by atoms with van der Waals surface area (Å²) >= 11 is 0. The summed E-state index contributed by atoms with van der Waals surface area (Å²) in [5.74, 6) is -0.908. The molecule has 134 valence electrons. The van der Waals surface area contributed by atoms with Crippen molar-refractivity contribution in [1.82, 2.24) is 14.1 Å². The SMILES string of the molecule is Cc1c(S(=O)(=O)N2CCCC(c3ccc(C(=O)O)cc3)C2)cnn1C. The number of hydrogen-bond donors (Lipinski definition) is 1. The van der Waals surface area contributed by atoms with Crippen molar-refractivity contribution in [2.45, 2.75) is 30.6 Å². The fourth-order valence-corrected chi connectivity index (χ4v) is 4.91. The molecule has 2 aromatic rings. The fourth-order valence-electron chi connectivity index (χ4n) is 3.20. The molecular weight excluding hydrogens is 342 g/mol. The molecule has 1 N–H and O–H groups in total. The van der Waals surface area contributed by atoms with Crippen molar-refractivity contribution in [2.24, 2.45) is 7.05 Å². The molecular formula is C17H21N3O4S. The van der Waals surface area contributed by atoms with Crippen LogP contribution in [0.25, 0.3) is 0 Å². The molecule has 0 bridgehead atoms. The van der Waals surface area contributed by atoms with Crippen molar-refractivity contribution in [3.8, 4) is 0 Å². The van der Waals surface area contributed by atoms with E-state index in [0.29, 0.717) is 18.8 Å². The lowest BCUT2D eigenvalue weighted by Gasteiger charge is -2.32. The standard InChI is InChI=1S/C17H21N3O4S/c1-12-16(10-18-19(12)2)25(23,24)20-9-3-4-15(11-20)13-5-7-14(8-6-13)17(21)22/h5-8,10,15H,3-4,9,11H2,1-2H3,(H,21,22). The fraction of sp³-hybridized carbons (Fsp3) is 0.412. The van der Waals surface area contributed by atoms with Crippen LogP contribution in [-0.4, -0.2) is 46.7 Å². The molecule has 7 nitrogen and oxygen atoms in total. The summed E-state index contributed by atoms with van der Waals surface area (Å²) < 4.78 is 28.9. The maximum absolute atomic E-state index is 12.9. The average Bonchev–Trinajstić information content (AvgIpc) is 2.95. The second-order valence-corrected chi connectivity index (χ2v) is 8.25. The normalized spacial score (nSPS) is 19.0. The highest BCUT2D eigenvalue weighted by molar-refractivity contribution is 7.89. The third kappa shape index (κ3) is 3.32. The van der Waals surface area contributed by atoms with Crippen molar-refractivity contribution in [2.75, 3.05) is 13.1 Å². The molecule has 0 radical (unpaired) electrons. The summed E-state index contributed by atoms with van der Waals surface area (Å²) in [6, 6.07) is 6.69. The van der Waals surface area contributed by atoms with Crippen LogP contribution in [0.15, 0.2) is 35.4 Å². The van der Waals surface area contributed by atoms with Crippen molar-refractivity contribution in [3.63, 3.8) is 0 Å². The second kappa shape index (κ2) is 6.61. The first-order valence-corrected chi connectivity index (χ1v) is 9.56. The van der Waals surface area contributed by atoms with Gasteiger partial charge in [-0.3, -0.25) is 4.68 Å². The number of benzene rings is 1. The van der Waals surface area contributed by atoms with E-state index in [1.165, 1.54) is 10.5 Å². The number of piperidine rings is 1. The number of carboxylic acid groups (broad SMARTS) is 1. The van der Waals surface area contributed by atoms with E-state index < -0.39 is 16.0 Å². The van der Waals surface area contributed by atoms with Gasteiger partial charge in [0.25, 0.3) is 0 Å². The maximum Gasteiger partial charge on any atom is 0.335 e. The highest BCUT2D eigenvalue weighted by Crippen LogP contribution is 2.31. The molecule has 1 aliphatic heterocycles. The zero-order chi connectivity index (χ0) is 18.2. The third-order valence-corrected chi connectivity index (χ3v) is 6.79. The zero-order valence-electron chi connectivity index (χ0n) is 14.2. The monoisotopic (exact) mass is 363 g/mol. The molecule has 8 heteroatoms. The molecule has 1 saturated heterocycles. The van der Waals surface area contributed by atoms with Crippen LogP contribution in [0.1, 0.15) is 40.4 Å². The molecule has 0 saturated carbocycles. The van der Waals surface area contributed by atoms with Crippen LogP contribution in [0, 0.1) is 6.92 Å². The molecule has 1 atom stereocenters. The quantitative estimate of drug-likeness (QED) is 0.897. The first-order valence-electron chi connectivity index (χ1n) is 8.12. The van der Waals surface area contributed by atoms with Gasteiger partial charge < -0.3 is 5.11 Å². The number of rotatable bonds is 4. The summed E-state index contributed by atoms with van der Waals surface area (Å²) in [4.78, 5) is 11.2. The molecule has 25 heavy (non-hydrogen) atoms. The van der Waals surface area contributed by atoms with Crippen LogP contribution in [0.3, 0.4) is 0 Å². The molecule has 1 aromatic carbocycles. The van der Waals surface area contributed by atoms with E-state index in [-0.39, 0.29) is 16.4 Å². The number of aromatic nitrogens is 2. The Labute approximate surface area is 146 Å². The number of carbonyl (C=O) groups is 1. The number of hydrogen-bond acceptors (Lipinski definition) is 4. The lowest BCUT2D eigenvalue weighted by atomic mass is 9.91. The minimum Gasteiger partial charge on any atom is -0.478 e. The van der Waals surface area contributed by atoms with Crippen LogP contribution < -0.4 is 0 Å². The molecule has 1 aliphatic rings. The van der Waals surface area contributed by atoms with E-state index in [1.54, 1.807) is 42.9 Å². The summed E-state index contributed by atoms with van der Waals surface area (Å²) in [5, 5.41) is 13.0. The van der Waals surface area contributed by atoms with Crippen LogP contribution in [0.2, 0.25) is 0 Å². The van der Waals surface area contributed by atoms with E-state index in [0.717, 1.165) is 18.4 Å². The largest absolute Gasteiger partial charge is 0.478 e. The van der Waals surface area contributed by atoms with Gasteiger partial charge in [-0.05, 0) is 43.4 Å². The van der Waals surface area contributed by atoms with Gasteiger partial charge in [0.15, 0.2) is 0 Å². The first-order chi connectivity index (χ1) is 11.8. The minimum absolute atomic E-state index is 0.0587. The third-order valence-electron chi connectivity index (χ3n) is 4.82. The van der Waals surface area contributed by atoms with E-state index in [2.05, 4.69) is 5.10 Å². The van der Waals surface area contributed by atoms with Crippen LogP contribution >= 0.6 is 0 Å². The second-order valence-electron chi connectivity index (χ2n) is 6.35. The molecule has 0 aliphatic carbocycles. The summed E-state index contributed by atoms with van der Waals surface area (Å²) in [5.41, 5.74) is 1.82. The predicted molar refractivity (Wildman–Crippen MR) is 92.1 cm³/mol. The van der Waals surface area contributed by atoms with E-state index >= 15 is 0 Å². The van der Waals surface area contributed by atoms with Crippen molar-refractivity contribution in [1.29, 1.82) is 0 Å². The van der Waals surface area contributed by atoms with Gasteiger partial charge in [0, 0.05) is 20.1 Å². The summed E-state index contributed by atoms with van der Waals surface area (Å²) in [7, 11) is -1.86. The van der Waals surface area contributed by atoms with E-state index in [9.17, 15) is 13.2 Å². The number of nitrogens with zero attached hydrogens (tertiary/aromatic N) is 3. The number of sulfonamides is 1. The molecule has 1 fully saturated rings. The highest BCUT2D eigenvalue weighted by atomic mass is 32.2. The lowest BCUT2D eigenvalue weighted by Crippen LogP contribution is -2.39. The Kier molecular flexibility index (Phi) is 4.66. The van der Waals surface area contributed by atoms with Crippen LogP contribution in [0.5, 0.6) is 0 Å². The zero-order valence-corrected chi connectivity index (χ0v) is 15.0. The van der Waals surface area contributed by atoms with Gasteiger partial charge in [-0.2, -0.15) is 9.40 Å². The van der Waals surface area contributed by atoms with Crippen molar-refractivity contribution >= 4 is 16.0 Å². The van der Waals surface area contributed by atoms with Crippen LogP contribution in [-0.2, 0) is 17.1 Å². The van der Waals surface area contributed by atoms with Gasteiger partial charge in [-0.15, -0.1) is 0 Å². The Balaban J connectivity index is 1.83. The van der Waals surface area contributed by atoms with Crippen LogP contribution in [0.4, 0.5) is 0 Å². The summed E-state index contributed by atoms with van der Waals surface area (Å²) in [6.07, 6.45) is 3.05. The van der Waals surface area contributed by atoms with Gasteiger partial charge in [-0.1, -0.05) is 12.1 Å². The average molecular weight is 363 g/mol. The molecule has 1 unspecified atom stereocenters. The van der Waals surface area contributed by atoms with E-state index in [1.807, 2.05) is 0 Å². The Morgan fingerprint density at radius 3 is 2.52 bits per heavy atom. The topological polar surface area (TPSA) is 92.5 Å². The Morgan fingerprint density at radius 1 is 1.28 bits per heavy atom. The summed E-state index contributed by atoms with van der Waals surface area (Å²) in [6.45, 7) is 2.62. The maximum atomic E-state index is 12.9. The first kappa shape index (κ1) is 17.6. The minimum atomic E-state index is -3.58. The Bertz CT molecular complexity index is 887. The molecule has 2 heterocycles. The predicted octanol–water partition coefficient (Wildman–Crippen LogP) is 2.00. The van der Waals surface area contributed by atoms with Gasteiger partial charge in [0.2, 0.25) is 10.0 Å². The van der Waals surface area contributed by atoms with Gasteiger partial charge in [0.05, 0.1) is 17.5 Å². The molecule has 0 amide bonds. The van der Waals surface area contributed by atoms with Gasteiger partial charge >= 0.3 is 5.97 Å². The molecule has 1 aromatic heterocycles. The van der Waals surface area contributed by atoms with Gasteiger partial charge in [-0.25, -0.2) is 13.2 Å². The number of carboxylic acids is 1. The number of aromatic carboxylic acids is 1. The van der Waals surface area contributed by atoms with Gasteiger partial charge in [0.1, 0.15) is 4.90 Å². The number of aryl methyl sites for hydroxylation is 1. The van der Waals surface area contributed by atoms with Crippen molar-refractivity contribution < 1.29 is 18.3 Å². The van der Waals surface area contributed by atoms with E-state index in [4.69, 9.17) is 5.11 Å². The highest BCUT2D eigenvalue weighted by Gasteiger charge is 2.33.